The summed E-state index contributed by atoms with van der Waals surface area (Å²) in [5, 5.41) is 9.20. The Labute approximate surface area is 106 Å². The van der Waals surface area contributed by atoms with Gasteiger partial charge in [0.25, 0.3) is 0 Å². The minimum atomic E-state index is -0.400. The second-order valence-corrected chi connectivity index (χ2v) is 5.74. The van der Waals surface area contributed by atoms with Crippen molar-refractivity contribution in [2.75, 3.05) is 13.2 Å². The van der Waals surface area contributed by atoms with E-state index in [1.165, 1.54) is 25.7 Å². The molecule has 3 N–H and O–H groups in total. The summed E-state index contributed by atoms with van der Waals surface area (Å²) in [4.78, 5) is 0. The predicted octanol–water partition coefficient (Wildman–Crippen LogP) is 2.46. The summed E-state index contributed by atoms with van der Waals surface area (Å²) < 4.78 is 5.90. The zero-order valence-electron chi connectivity index (χ0n) is 11.5. The van der Waals surface area contributed by atoms with Crippen LogP contribution >= 0.6 is 0 Å². The Morgan fingerprint density at radius 2 is 2.18 bits per heavy atom. The first-order valence-electron chi connectivity index (χ1n) is 7.11. The molecule has 0 bridgehead atoms. The molecule has 3 nitrogen and oxygen atoms in total. The smallest absolute Gasteiger partial charge is 0.0611 e. The van der Waals surface area contributed by atoms with Gasteiger partial charge < -0.3 is 15.6 Å². The van der Waals surface area contributed by atoms with Crippen LogP contribution in [0.3, 0.4) is 0 Å². The number of hydrogen-bond acceptors (Lipinski definition) is 3. The van der Waals surface area contributed by atoms with Crippen LogP contribution in [0, 0.1) is 5.92 Å². The number of hydrogen-bond donors (Lipinski definition) is 2. The van der Waals surface area contributed by atoms with E-state index >= 15 is 0 Å². The molecule has 3 unspecified atom stereocenters. The number of nitrogens with two attached hydrogens (primary N) is 1. The lowest BCUT2D eigenvalue weighted by Gasteiger charge is -2.28. The highest BCUT2D eigenvalue weighted by molar-refractivity contribution is 4.81. The molecular formula is C14H29NO2. The third-order valence-electron chi connectivity index (χ3n) is 4.08. The number of ether oxygens (including phenoxy) is 1. The monoisotopic (exact) mass is 243 g/mol. The zero-order valence-corrected chi connectivity index (χ0v) is 11.5. The molecule has 1 rings (SSSR count). The van der Waals surface area contributed by atoms with Crippen molar-refractivity contribution in [1.29, 1.82) is 0 Å². The van der Waals surface area contributed by atoms with Crippen molar-refractivity contribution in [3.05, 3.63) is 0 Å². The lowest BCUT2D eigenvalue weighted by Crippen LogP contribution is -2.43. The Balaban J connectivity index is 2.11. The van der Waals surface area contributed by atoms with Crippen LogP contribution < -0.4 is 5.73 Å². The minimum Gasteiger partial charge on any atom is -0.394 e. The van der Waals surface area contributed by atoms with Crippen LogP contribution in [0.4, 0.5) is 0 Å². The van der Waals surface area contributed by atoms with E-state index in [4.69, 9.17) is 10.5 Å². The molecule has 3 atom stereocenters. The summed E-state index contributed by atoms with van der Waals surface area (Å²) in [5.41, 5.74) is 5.63. The number of rotatable bonds is 7. The molecule has 0 saturated heterocycles. The van der Waals surface area contributed by atoms with Crippen LogP contribution in [-0.2, 0) is 4.74 Å². The number of aliphatic hydroxyl groups excluding tert-OH is 1. The van der Waals surface area contributed by atoms with Gasteiger partial charge in [0.2, 0.25) is 0 Å². The van der Waals surface area contributed by atoms with Crippen molar-refractivity contribution in [2.45, 2.75) is 70.4 Å². The first kappa shape index (κ1) is 14.9. The maximum atomic E-state index is 9.20. The molecule has 0 radical (unpaired) electrons. The van der Waals surface area contributed by atoms with Crippen LogP contribution in [-0.4, -0.2) is 30.0 Å². The molecule has 3 heteroatoms. The van der Waals surface area contributed by atoms with E-state index in [0.717, 1.165) is 31.8 Å². The SMILES string of the molecule is CCC(N)(CO)CCCOC1CCCC(C)C1. The highest BCUT2D eigenvalue weighted by Gasteiger charge is 2.22. The Hall–Kier alpha value is -0.120. The summed E-state index contributed by atoms with van der Waals surface area (Å²) in [6.07, 6.45) is 8.17. The van der Waals surface area contributed by atoms with Gasteiger partial charge in [-0.05, 0) is 38.0 Å². The van der Waals surface area contributed by atoms with Gasteiger partial charge in [0.1, 0.15) is 0 Å². The predicted molar refractivity (Wildman–Crippen MR) is 70.9 cm³/mol. The summed E-state index contributed by atoms with van der Waals surface area (Å²) in [5.74, 6) is 0.815. The van der Waals surface area contributed by atoms with Crippen LogP contribution in [0.2, 0.25) is 0 Å². The van der Waals surface area contributed by atoms with E-state index in [2.05, 4.69) is 6.92 Å². The molecule has 0 spiro atoms. The third kappa shape index (κ3) is 5.36. The van der Waals surface area contributed by atoms with Gasteiger partial charge in [-0.1, -0.05) is 26.7 Å². The van der Waals surface area contributed by atoms with Crippen LogP contribution in [0.5, 0.6) is 0 Å². The van der Waals surface area contributed by atoms with Gasteiger partial charge in [-0.15, -0.1) is 0 Å². The second kappa shape index (κ2) is 7.34. The van der Waals surface area contributed by atoms with E-state index in [1.807, 2.05) is 6.92 Å². The van der Waals surface area contributed by atoms with Gasteiger partial charge in [-0.25, -0.2) is 0 Å². The molecule has 0 aromatic rings. The van der Waals surface area contributed by atoms with E-state index in [-0.39, 0.29) is 6.61 Å². The summed E-state index contributed by atoms with van der Waals surface area (Å²) in [6.45, 7) is 5.20. The quantitative estimate of drug-likeness (QED) is 0.675. The van der Waals surface area contributed by atoms with E-state index in [9.17, 15) is 5.11 Å². The first-order valence-corrected chi connectivity index (χ1v) is 7.11. The van der Waals surface area contributed by atoms with Crippen molar-refractivity contribution in [3.8, 4) is 0 Å². The summed E-state index contributed by atoms with van der Waals surface area (Å²) in [7, 11) is 0. The molecule has 0 aromatic carbocycles. The molecule has 0 amide bonds. The standard InChI is InChI=1S/C14H29NO2/c1-3-14(15,11-16)8-5-9-17-13-7-4-6-12(2)10-13/h12-13,16H,3-11,15H2,1-2H3. The molecular weight excluding hydrogens is 214 g/mol. The van der Waals surface area contributed by atoms with Crippen LogP contribution in [0.15, 0.2) is 0 Å². The zero-order chi connectivity index (χ0) is 12.7. The third-order valence-corrected chi connectivity index (χ3v) is 4.08. The van der Waals surface area contributed by atoms with Gasteiger partial charge in [-0.2, -0.15) is 0 Å². The summed E-state index contributed by atoms with van der Waals surface area (Å²) >= 11 is 0. The van der Waals surface area contributed by atoms with Gasteiger partial charge in [0.05, 0.1) is 12.7 Å². The molecule has 1 fully saturated rings. The normalized spacial score (nSPS) is 28.9. The lowest BCUT2D eigenvalue weighted by atomic mass is 9.88. The largest absolute Gasteiger partial charge is 0.394 e. The molecule has 0 heterocycles. The van der Waals surface area contributed by atoms with E-state index in [1.54, 1.807) is 0 Å². The van der Waals surface area contributed by atoms with Crippen LogP contribution in [0.25, 0.3) is 0 Å². The van der Waals surface area contributed by atoms with Crippen molar-refractivity contribution in [1.82, 2.24) is 0 Å². The maximum Gasteiger partial charge on any atom is 0.0611 e. The van der Waals surface area contributed by atoms with Crippen molar-refractivity contribution in [2.24, 2.45) is 11.7 Å². The molecule has 17 heavy (non-hydrogen) atoms. The average Bonchev–Trinajstić information content (AvgIpc) is 2.34. The first-order chi connectivity index (χ1) is 8.09. The topological polar surface area (TPSA) is 55.5 Å². The fourth-order valence-electron chi connectivity index (χ4n) is 2.57. The molecule has 1 aliphatic rings. The minimum absolute atomic E-state index is 0.0734. The fourth-order valence-corrected chi connectivity index (χ4v) is 2.57. The van der Waals surface area contributed by atoms with Crippen molar-refractivity contribution < 1.29 is 9.84 Å². The number of aliphatic hydroxyl groups is 1. The Morgan fingerprint density at radius 1 is 1.41 bits per heavy atom. The van der Waals surface area contributed by atoms with Gasteiger partial charge in [0.15, 0.2) is 0 Å². The van der Waals surface area contributed by atoms with E-state index in [0.29, 0.717) is 6.10 Å². The molecule has 102 valence electrons. The maximum absolute atomic E-state index is 9.20. The van der Waals surface area contributed by atoms with Gasteiger partial charge in [0, 0.05) is 12.1 Å². The van der Waals surface area contributed by atoms with Crippen molar-refractivity contribution >= 4 is 0 Å². The summed E-state index contributed by atoms with van der Waals surface area (Å²) in [6, 6.07) is 0. The highest BCUT2D eigenvalue weighted by Crippen LogP contribution is 2.26. The Bertz CT molecular complexity index is 204. The highest BCUT2D eigenvalue weighted by atomic mass is 16.5. The average molecular weight is 243 g/mol. The Kier molecular flexibility index (Phi) is 6.45. The van der Waals surface area contributed by atoms with E-state index < -0.39 is 5.54 Å². The molecule has 0 aromatic heterocycles. The van der Waals surface area contributed by atoms with Gasteiger partial charge >= 0.3 is 0 Å². The molecule has 0 aliphatic heterocycles. The van der Waals surface area contributed by atoms with Crippen LogP contribution in [0.1, 0.15) is 58.8 Å². The molecule has 1 saturated carbocycles. The van der Waals surface area contributed by atoms with Gasteiger partial charge in [-0.3, -0.25) is 0 Å². The molecule has 1 aliphatic carbocycles. The Morgan fingerprint density at radius 3 is 2.76 bits per heavy atom. The fraction of sp³-hybridized carbons (Fsp3) is 1.00. The van der Waals surface area contributed by atoms with Crippen molar-refractivity contribution in [3.63, 3.8) is 0 Å². The second-order valence-electron chi connectivity index (χ2n) is 5.74. The lowest BCUT2D eigenvalue weighted by molar-refractivity contribution is 0.0106.